The molecule has 1 aromatic heterocycles. The molecule has 1 aliphatic rings. The summed E-state index contributed by atoms with van der Waals surface area (Å²) in [4.78, 5) is 37.3. The number of aromatic hydroxyl groups is 1. The average molecular weight is 454 g/mol. The van der Waals surface area contributed by atoms with Crippen molar-refractivity contribution in [3.8, 4) is 28.7 Å². The van der Waals surface area contributed by atoms with E-state index in [1.165, 1.54) is 34.3 Å². The Morgan fingerprint density at radius 3 is 2.24 bits per heavy atom. The van der Waals surface area contributed by atoms with Crippen molar-refractivity contribution >= 4 is 22.7 Å². The Bertz CT molecular complexity index is 1340. The van der Waals surface area contributed by atoms with Crippen LogP contribution in [0, 0.1) is 6.92 Å². The van der Waals surface area contributed by atoms with Gasteiger partial charge in [-0.1, -0.05) is 0 Å². The zero-order chi connectivity index (χ0) is 24.0. The molecule has 2 aromatic carbocycles. The second-order valence-corrected chi connectivity index (χ2v) is 7.66. The minimum absolute atomic E-state index is 0.0451. The maximum atomic E-state index is 12.6. The Balaban J connectivity index is 2.14. The number of carbonyl (C=O) groups excluding carboxylic acids is 2. The van der Waals surface area contributed by atoms with Crippen LogP contribution in [0.25, 0.3) is 11.0 Å². The highest BCUT2D eigenvalue weighted by Crippen LogP contribution is 2.51. The molecule has 1 N–H and O–H groups in total. The largest absolute Gasteiger partial charge is 0.506 e. The molecule has 0 radical (unpaired) electrons. The van der Waals surface area contributed by atoms with Crippen molar-refractivity contribution in [3.05, 3.63) is 50.9 Å². The van der Waals surface area contributed by atoms with Gasteiger partial charge in [-0.25, -0.2) is 4.79 Å². The van der Waals surface area contributed by atoms with Crippen molar-refractivity contribution in [2.45, 2.75) is 26.2 Å². The zero-order valence-electron chi connectivity index (χ0n) is 18.7. The molecule has 0 spiro atoms. The van der Waals surface area contributed by atoms with Gasteiger partial charge in [0.1, 0.15) is 16.9 Å². The number of hydrogen-bond donors (Lipinski definition) is 1. The van der Waals surface area contributed by atoms with Crippen LogP contribution < -0.4 is 24.6 Å². The Labute approximate surface area is 188 Å². The van der Waals surface area contributed by atoms with Gasteiger partial charge in [-0.2, -0.15) is 0 Å². The summed E-state index contributed by atoms with van der Waals surface area (Å²) in [7, 11) is 4.40. The van der Waals surface area contributed by atoms with Crippen LogP contribution in [0.15, 0.2) is 27.4 Å². The van der Waals surface area contributed by atoms with Gasteiger partial charge in [-0.15, -0.1) is 0 Å². The van der Waals surface area contributed by atoms with E-state index in [2.05, 4.69) is 0 Å². The topological polar surface area (TPSA) is 122 Å². The SMILES string of the molecule is COc1cc([C@H]2CC(=O)Oc3c(C(C)=O)c(O)c4c(C)cc(=O)oc4c32)cc(OC)c1OC. The molecule has 33 heavy (non-hydrogen) atoms. The highest BCUT2D eigenvalue weighted by atomic mass is 16.5. The van der Waals surface area contributed by atoms with Crippen LogP contribution in [0.5, 0.6) is 28.7 Å². The lowest BCUT2D eigenvalue weighted by Gasteiger charge is -2.28. The molecule has 0 unspecified atom stereocenters. The molecule has 0 saturated carbocycles. The number of ether oxygens (including phenoxy) is 4. The van der Waals surface area contributed by atoms with Crippen molar-refractivity contribution in [3.63, 3.8) is 0 Å². The molecule has 9 nitrogen and oxygen atoms in total. The number of phenols is 1. The van der Waals surface area contributed by atoms with Gasteiger partial charge in [0.15, 0.2) is 23.0 Å². The summed E-state index contributed by atoms with van der Waals surface area (Å²) >= 11 is 0. The van der Waals surface area contributed by atoms with Crippen LogP contribution in [0.3, 0.4) is 0 Å². The summed E-state index contributed by atoms with van der Waals surface area (Å²) in [5, 5.41) is 11.1. The molecule has 172 valence electrons. The molecule has 2 heterocycles. The minimum atomic E-state index is -0.693. The van der Waals surface area contributed by atoms with E-state index in [0.29, 0.717) is 33.9 Å². The fraction of sp³-hybridized carbons (Fsp3) is 0.292. The van der Waals surface area contributed by atoms with Crippen LogP contribution in [0.4, 0.5) is 0 Å². The first kappa shape index (κ1) is 22.2. The number of fused-ring (bicyclic) bond motifs is 3. The van der Waals surface area contributed by atoms with Gasteiger partial charge in [0.05, 0.1) is 33.1 Å². The van der Waals surface area contributed by atoms with E-state index < -0.39 is 29.0 Å². The van der Waals surface area contributed by atoms with Crippen molar-refractivity contribution in [1.29, 1.82) is 0 Å². The van der Waals surface area contributed by atoms with Crippen molar-refractivity contribution in [2.24, 2.45) is 0 Å². The van der Waals surface area contributed by atoms with Gasteiger partial charge in [0.2, 0.25) is 5.75 Å². The summed E-state index contributed by atoms with van der Waals surface area (Å²) in [6.45, 7) is 2.88. The van der Waals surface area contributed by atoms with Gasteiger partial charge in [0.25, 0.3) is 0 Å². The molecule has 1 atom stereocenters. The number of rotatable bonds is 5. The summed E-state index contributed by atoms with van der Waals surface area (Å²) in [5.74, 6) is -1.26. The predicted molar refractivity (Wildman–Crippen MR) is 117 cm³/mol. The smallest absolute Gasteiger partial charge is 0.336 e. The first-order chi connectivity index (χ1) is 15.7. The van der Waals surface area contributed by atoms with Crippen LogP contribution in [-0.4, -0.2) is 38.2 Å². The normalized spacial score (nSPS) is 15.1. The summed E-state index contributed by atoms with van der Waals surface area (Å²) in [5.41, 5.74) is 0.557. The molecule has 0 aliphatic carbocycles. The second kappa shape index (κ2) is 8.16. The molecule has 0 saturated heterocycles. The fourth-order valence-corrected chi connectivity index (χ4v) is 4.32. The number of phenolic OH excluding ortho intramolecular Hbond substituents is 1. The molecule has 0 bridgehead atoms. The first-order valence-electron chi connectivity index (χ1n) is 10.1. The molecule has 9 heteroatoms. The average Bonchev–Trinajstić information content (AvgIpc) is 2.76. The van der Waals surface area contributed by atoms with E-state index in [1.54, 1.807) is 19.1 Å². The Hall–Kier alpha value is -4.01. The maximum Gasteiger partial charge on any atom is 0.336 e. The lowest BCUT2D eigenvalue weighted by atomic mass is 9.82. The lowest BCUT2D eigenvalue weighted by molar-refractivity contribution is -0.135. The van der Waals surface area contributed by atoms with Crippen LogP contribution in [-0.2, 0) is 4.79 Å². The Morgan fingerprint density at radius 2 is 1.70 bits per heavy atom. The number of carbonyl (C=O) groups is 2. The highest BCUT2D eigenvalue weighted by Gasteiger charge is 2.38. The van der Waals surface area contributed by atoms with Crippen LogP contribution in [0.2, 0.25) is 0 Å². The van der Waals surface area contributed by atoms with Gasteiger partial charge in [-0.3, -0.25) is 9.59 Å². The third-order valence-corrected chi connectivity index (χ3v) is 5.72. The quantitative estimate of drug-likeness (QED) is 0.267. The zero-order valence-corrected chi connectivity index (χ0v) is 18.7. The van der Waals surface area contributed by atoms with Gasteiger partial charge < -0.3 is 28.5 Å². The molecule has 4 rings (SSSR count). The summed E-state index contributed by atoms with van der Waals surface area (Å²) in [6, 6.07) is 4.57. The van der Waals surface area contributed by atoms with Crippen molar-refractivity contribution in [2.75, 3.05) is 21.3 Å². The van der Waals surface area contributed by atoms with E-state index in [-0.39, 0.29) is 28.7 Å². The number of esters is 1. The van der Waals surface area contributed by atoms with Crippen LogP contribution >= 0.6 is 0 Å². The number of methoxy groups -OCH3 is 3. The van der Waals surface area contributed by atoms with E-state index in [0.717, 1.165) is 0 Å². The lowest BCUT2D eigenvalue weighted by Crippen LogP contribution is -2.24. The number of benzene rings is 2. The van der Waals surface area contributed by atoms with E-state index in [4.69, 9.17) is 23.4 Å². The van der Waals surface area contributed by atoms with Gasteiger partial charge in [0, 0.05) is 17.5 Å². The molecule has 0 fully saturated rings. The molecule has 3 aromatic rings. The molecule has 0 amide bonds. The molecular formula is C24H22O9. The standard InChI is InChI=1S/C24H22O9/c1-10-6-16(26)32-23-18(10)21(28)19(11(2)25)24-20(23)13(9-17(27)33-24)12-7-14(29-3)22(31-5)15(8-12)30-4/h6-8,13,28H,9H2,1-5H3/t13-/m1/s1. The summed E-state index contributed by atoms with van der Waals surface area (Å²) < 4.78 is 27.2. The number of hydrogen-bond acceptors (Lipinski definition) is 9. The first-order valence-corrected chi connectivity index (χ1v) is 10.1. The minimum Gasteiger partial charge on any atom is -0.506 e. The van der Waals surface area contributed by atoms with E-state index >= 15 is 0 Å². The maximum absolute atomic E-state index is 12.6. The van der Waals surface area contributed by atoms with Gasteiger partial charge >= 0.3 is 11.6 Å². The summed E-state index contributed by atoms with van der Waals surface area (Å²) in [6.07, 6.45) is -0.111. The Morgan fingerprint density at radius 1 is 1.06 bits per heavy atom. The predicted octanol–water partition coefficient (Wildman–Crippen LogP) is 3.48. The van der Waals surface area contributed by atoms with E-state index in [1.807, 2.05) is 0 Å². The number of ketones is 1. The Kier molecular flexibility index (Phi) is 5.49. The third-order valence-electron chi connectivity index (χ3n) is 5.72. The third kappa shape index (κ3) is 3.45. The number of aryl methyl sites for hydroxylation is 1. The second-order valence-electron chi connectivity index (χ2n) is 7.66. The molecular weight excluding hydrogens is 432 g/mol. The highest BCUT2D eigenvalue weighted by molar-refractivity contribution is 6.09. The van der Waals surface area contributed by atoms with Crippen molar-refractivity contribution < 1.29 is 38.1 Å². The van der Waals surface area contributed by atoms with Gasteiger partial charge in [-0.05, 0) is 37.1 Å². The van der Waals surface area contributed by atoms with Crippen molar-refractivity contribution in [1.82, 2.24) is 0 Å². The number of Topliss-reactive ketones (excluding diaryl/α,β-unsaturated/α-hetero) is 1. The van der Waals surface area contributed by atoms with Crippen LogP contribution in [0.1, 0.15) is 46.3 Å². The monoisotopic (exact) mass is 454 g/mol. The fourth-order valence-electron chi connectivity index (χ4n) is 4.32. The molecule has 1 aliphatic heterocycles. The van der Waals surface area contributed by atoms with E-state index in [9.17, 15) is 19.5 Å².